The lowest BCUT2D eigenvalue weighted by Crippen LogP contribution is -1.91. The number of Topliss-reactive ketones (excluding diaryl/α,β-unsaturated/α-hetero) is 1. The molecule has 1 aliphatic carbocycles. The molecule has 0 amide bonds. The van der Waals surface area contributed by atoms with Crippen LogP contribution < -0.4 is 0 Å². The number of nitrogens with one attached hydrogen (secondary N) is 1. The first-order valence-electron chi connectivity index (χ1n) is 5.57. The first kappa shape index (κ1) is 9.91. The predicted octanol–water partition coefficient (Wildman–Crippen LogP) is 3.51. The van der Waals surface area contributed by atoms with E-state index in [1.54, 1.807) is 0 Å². The summed E-state index contributed by atoms with van der Waals surface area (Å²) in [6.45, 7) is 2.09. The monoisotopic (exact) mass is 233 g/mol. The quantitative estimate of drug-likeness (QED) is 0.803. The zero-order valence-corrected chi connectivity index (χ0v) is 9.82. The zero-order valence-electron chi connectivity index (χ0n) is 9.06. The van der Waals surface area contributed by atoms with E-state index in [1.165, 1.54) is 10.9 Å². The number of aromatic nitrogens is 1. The average molecular weight is 234 g/mol. The van der Waals surface area contributed by atoms with Crippen LogP contribution in [0.4, 0.5) is 0 Å². The Morgan fingerprint density at radius 2 is 2.19 bits per heavy atom. The Kier molecular flexibility index (Phi) is 2.08. The second kappa shape index (κ2) is 3.36. The fourth-order valence-corrected chi connectivity index (χ4v) is 2.89. The molecule has 2 aromatic rings. The standard InChI is InChI=1S/C13H12ClNO/c1-2-7-9(14)4-5-10-12(7)8-3-6-11(16)13(8)15-10/h4-5,15H,2-3,6H2,1H3. The highest BCUT2D eigenvalue weighted by Gasteiger charge is 2.25. The number of fused-ring (bicyclic) bond motifs is 3. The van der Waals surface area contributed by atoms with Crippen molar-refractivity contribution in [3.05, 3.63) is 34.0 Å². The maximum atomic E-state index is 11.7. The number of ketones is 1. The largest absolute Gasteiger partial charge is 0.352 e. The van der Waals surface area contributed by atoms with Crippen LogP contribution in [0, 0.1) is 0 Å². The van der Waals surface area contributed by atoms with Gasteiger partial charge >= 0.3 is 0 Å². The van der Waals surface area contributed by atoms with Crippen LogP contribution in [0.25, 0.3) is 10.9 Å². The molecule has 0 spiro atoms. The molecule has 0 fully saturated rings. The summed E-state index contributed by atoms with van der Waals surface area (Å²) >= 11 is 6.20. The highest BCUT2D eigenvalue weighted by molar-refractivity contribution is 6.32. The number of hydrogen-bond donors (Lipinski definition) is 1. The van der Waals surface area contributed by atoms with Gasteiger partial charge in [0.2, 0.25) is 0 Å². The van der Waals surface area contributed by atoms with Crippen molar-refractivity contribution in [2.45, 2.75) is 26.2 Å². The van der Waals surface area contributed by atoms with Crippen LogP contribution in [-0.2, 0) is 12.8 Å². The Morgan fingerprint density at radius 1 is 1.38 bits per heavy atom. The second-order valence-corrected chi connectivity index (χ2v) is 4.61. The summed E-state index contributed by atoms with van der Waals surface area (Å²) in [5.74, 6) is 0.226. The molecule has 0 aliphatic heterocycles. The minimum atomic E-state index is 0.226. The normalized spacial score (nSPS) is 14.8. The topological polar surface area (TPSA) is 32.9 Å². The molecule has 82 valence electrons. The van der Waals surface area contributed by atoms with Gasteiger partial charge in [-0.3, -0.25) is 4.79 Å². The van der Waals surface area contributed by atoms with Crippen molar-refractivity contribution in [2.75, 3.05) is 0 Å². The Bertz CT molecular complexity index is 597. The molecule has 1 aromatic carbocycles. The van der Waals surface area contributed by atoms with Gasteiger partial charge in [-0.2, -0.15) is 0 Å². The van der Waals surface area contributed by atoms with E-state index in [9.17, 15) is 4.79 Å². The molecular formula is C13H12ClNO. The summed E-state index contributed by atoms with van der Waals surface area (Å²) < 4.78 is 0. The lowest BCUT2D eigenvalue weighted by molar-refractivity contribution is 0.0991. The van der Waals surface area contributed by atoms with Crippen LogP contribution in [0.3, 0.4) is 0 Å². The molecule has 1 N–H and O–H groups in total. The number of carbonyl (C=O) groups excluding carboxylic acids is 1. The van der Waals surface area contributed by atoms with E-state index in [2.05, 4.69) is 11.9 Å². The smallest absolute Gasteiger partial charge is 0.179 e. The van der Waals surface area contributed by atoms with Crippen LogP contribution in [0.5, 0.6) is 0 Å². The SMILES string of the molecule is CCc1c(Cl)ccc2[nH]c3c(c12)CCC3=O. The minimum absolute atomic E-state index is 0.226. The fraction of sp³-hybridized carbons (Fsp3) is 0.308. The van der Waals surface area contributed by atoms with Gasteiger partial charge in [-0.1, -0.05) is 18.5 Å². The van der Waals surface area contributed by atoms with Gasteiger partial charge in [-0.25, -0.2) is 0 Å². The third kappa shape index (κ3) is 1.17. The van der Waals surface area contributed by atoms with E-state index in [4.69, 9.17) is 11.6 Å². The van der Waals surface area contributed by atoms with Gasteiger partial charge in [0, 0.05) is 22.3 Å². The van der Waals surface area contributed by atoms with Crippen molar-refractivity contribution in [1.82, 2.24) is 4.98 Å². The van der Waals surface area contributed by atoms with Crippen LogP contribution in [-0.4, -0.2) is 10.8 Å². The molecule has 0 saturated carbocycles. The summed E-state index contributed by atoms with van der Waals surface area (Å²) in [5.41, 5.74) is 4.16. The van der Waals surface area contributed by atoms with E-state index in [1.807, 2.05) is 12.1 Å². The molecular weight excluding hydrogens is 222 g/mol. The number of carbonyl (C=O) groups is 1. The summed E-state index contributed by atoms with van der Waals surface area (Å²) in [6, 6.07) is 3.86. The van der Waals surface area contributed by atoms with Crippen molar-refractivity contribution in [2.24, 2.45) is 0 Å². The van der Waals surface area contributed by atoms with Crippen molar-refractivity contribution in [3.63, 3.8) is 0 Å². The van der Waals surface area contributed by atoms with Gasteiger partial charge in [0.05, 0.1) is 5.69 Å². The Morgan fingerprint density at radius 3 is 2.94 bits per heavy atom. The summed E-state index contributed by atoms with van der Waals surface area (Å²) in [7, 11) is 0. The summed E-state index contributed by atoms with van der Waals surface area (Å²) in [5, 5.41) is 1.98. The van der Waals surface area contributed by atoms with E-state index >= 15 is 0 Å². The number of benzene rings is 1. The summed E-state index contributed by atoms with van der Waals surface area (Å²) in [4.78, 5) is 14.9. The first-order chi connectivity index (χ1) is 7.72. The van der Waals surface area contributed by atoms with Gasteiger partial charge < -0.3 is 4.98 Å². The molecule has 1 aliphatic rings. The van der Waals surface area contributed by atoms with E-state index in [0.29, 0.717) is 6.42 Å². The van der Waals surface area contributed by atoms with Crippen molar-refractivity contribution >= 4 is 28.3 Å². The van der Waals surface area contributed by atoms with Gasteiger partial charge in [-0.15, -0.1) is 0 Å². The van der Waals surface area contributed by atoms with Gasteiger partial charge in [-0.05, 0) is 36.1 Å². The van der Waals surface area contributed by atoms with E-state index in [0.717, 1.165) is 34.6 Å². The molecule has 0 bridgehead atoms. The molecule has 0 radical (unpaired) electrons. The zero-order chi connectivity index (χ0) is 11.3. The van der Waals surface area contributed by atoms with Crippen LogP contribution in [0.15, 0.2) is 12.1 Å². The Balaban J connectivity index is 2.43. The highest BCUT2D eigenvalue weighted by atomic mass is 35.5. The number of aromatic amines is 1. The average Bonchev–Trinajstić information content (AvgIpc) is 2.80. The van der Waals surface area contributed by atoms with Crippen LogP contribution >= 0.6 is 11.6 Å². The number of hydrogen-bond acceptors (Lipinski definition) is 1. The third-order valence-electron chi connectivity index (χ3n) is 3.35. The molecule has 1 heterocycles. The van der Waals surface area contributed by atoms with Crippen molar-refractivity contribution in [3.8, 4) is 0 Å². The predicted molar refractivity (Wildman–Crippen MR) is 65.3 cm³/mol. The number of aryl methyl sites for hydroxylation is 2. The highest BCUT2D eigenvalue weighted by Crippen LogP contribution is 2.35. The minimum Gasteiger partial charge on any atom is -0.352 e. The molecule has 0 atom stereocenters. The first-order valence-corrected chi connectivity index (χ1v) is 5.95. The van der Waals surface area contributed by atoms with Crippen LogP contribution in [0.2, 0.25) is 5.02 Å². The lowest BCUT2D eigenvalue weighted by Gasteiger charge is -2.04. The van der Waals surface area contributed by atoms with Gasteiger partial charge in [0.1, 0.15) is 0 Å². The second-order valence-electron chi connectivity index (χ2n) is 4.20. The molecule has 16 heavy (non-hydrogen) atoms. The summed E-state index contributed by atoms with van der Waals surface area (Å²) in [6.07, 6.45) is 2.38. The fourth-order valence-electron chi connectivity index (χ4n) is 2.60. The Hall–Kier alpha value is -1.28. The third-order valence-corrected chi connectivity index (χ3v) is 3.71. The van der Waals surface area contributed by atoms with E-state index < -0.39 is 0 Å². The molecule has 2 nitrogen and oxygen atoms in total. The lowest BCUT2D eigenvalue weighted by atomic mass is 10.0. The van der Waals surface area contributed by atoms with Crippen LogP contribution in [0.1, 0.15) is 35.0 Å². The molecule has 0 unspecified atom stereocenters. The maximum absolute atomic E-state index is 11.7. The number of rotatable bonds is 1. The van der Waals surface area contributed by atoms with Crippen molar-refractivity contribution < 1.29 is 4.79 Å². The molecule has 0 saturated heterocycles. The van der Waals surface area contributed by atoms with Gasteiger partial charge in [0.25, 0.3) is 0 Å². The molecule has 1 aromatic heterocycles. The number of H-pyrrole nitrogens is 1. The van der Waals surface area contributed by atoms with Gasteiger partial charge in [0.15, 0.2) is 5.78 Å². The molecule has 3 heteroatoms. The number of halogens is 1. The van der Waals surface area contributed by atoms with E-state index in [-0.39, 0.29) is 5.78 Å². The maximum Gasteiger partial charge on any atom is 0.179 e. The molecule has 3 rings (SSSR count). The Labute approximate surface area is 98.6 Å². The van der Waals surface area contributed by atoms with Crippen molar-refractivity contribution in [1.29, 1.82) is 0 Å².